The third kappa shape index (κ3) is 2.61. The Hall–Kier alpha value is -1.07. The van der Waals surface area contributed by atoms with Crippen molar-refractivity contribution in [3.63, 3.8) is 0 Å². The third-order valence-corrected chi connectivity index (χ3v) is 3.05. The molecule has 5 heteroatoms. The molecule has 1 aromatic carbocycles. The van der Waals surface area contributed by atoms with Crippen LogP contribution in [-0.2, 0) is 10.9 Å². The maximum atomic E-state index is 12.4. The van der Waals surface area contributed by atoms with Crippen LogP contribution >= 0.6 is 0 Å². The Morgan fingerprint density at radius 3 is 2.35 bits per heavy atom. The highest BCUT2D eigenvalue weighted by Gasteiger charge is 2.33. The van der Waals surface area contributed by atoms with Crippen LogP contribution in [-0.4, -0.2) is 20.3 Å². The predicted molar refractivity (Wildman–Crippen MR) is 57.6 cm³/mol. The van der Waals surface area contributed by atoms with E-state index in [0.717, 1.165) is 24.2 Å². The number of ether oxygens (including phenoxy) is 1. The summed E-state index contributed by atoms with van der Waals surface area (Å²) in [6, 6.07) is 5.42. The van der Waals surface area contributed by atoms with E-state index < -0.39 is 11.7 Å². The van der Waals surface area contributed by atoms with Crippen LogP contribution in [0.15, 0.2) is 24.3 Å². The molecule has 0 amide bonds. The maximum Gasteiger partial charge on any atom is 0.416 e. The van der Waals surface area contributed by atoms with E-state index >= 15 is 0 Å². The molecule has 1 saturated heterocycles. The number of nitrogens with one attached hydrogen (secondary N) is 1. The summed E-state index contributed by atoms with van der Waals surface area (Å²) in [6.45, 7) is 1.47. The van der Waals surface area contributed by atoms with Crippen molar-refractivity contribution < 1.29 is 17.9 Å². The lowest BCUT2D eigenvalue weighted by atomic mass is 9.86. The SMILES string of the molecule is COCC1CNC1c1ccc(C(F)(F)F)cc1. The third-order valence-electron chi connectivity index (χ3n) is 3.05. The molecule has 1 aliphatic rings. The molecule has 1 aromatic rings. The van der Waals surface area contributed by atoms with Gasteiger partial charge in [-0.1, -0.05) is 12.1 Å². The number of alkyl halides is 3. The van der Waals surface area contributed by atoms with Gasteiger partial charge in [-0.25, -0.2) is 0 Å². The molecule has 0 saturated carbocycles. The average molecular weight is 245 g/mol. The van der Waals surface area contributed by atoms with Crippen LogP contribution in [0.4, 0.5) is 13.2 Å². The quantitative estimate of drug-likeness (QED) is 0.883. The van der Waals surface area contributed by atoms with Crippen LogP contribution < -0.4 is 5.32 Å². The Labute approximate surface area is 97.8 Å². The second-order valence-electron chi connectivity index (χ2n) is 4.22. The van der Waals surface area contributed by atoms with Crippen molar-refractivity contribution in [1.29, 1.82) is 0 Å². The Bertz CT molecular complexity index is 374. The van der Waals surface area contributed by atoms with Gasteiger partial charge in [0.15, 0.2) is 0 Å². The molecular weight excluding hydrogens is 231 g/mol. The van der Waals surface area contributed by atoms with E-state index in [4.69, 9.17) is 4.74 Å². The first-order valence-corrected chi connectivity index (χ1v) is 5.42. The lowest BCUT2D eigenvalue weighted by Crippen LogP contribution is -2.47. The van der Waals surface area contributed by atoms with E-state index in [-0.39, 0.29) is 6.04 Å². The van der Waals surface area contributed by atoms with Gasteiger partial charge in [-0.15, -0.1) is 0 Å². The van der Waals surface area contributed by atoms with Crippen molar-refractivity contribution in [3.8, 4) is 0 Å². The molecule has 0 spiro atoms. The van der Waals surface area contributed by atoms with Crippen LogP contribution in [0.1, 0.15) is 17.2 Å². The van der Waals surface area contributed by atoms with E-state index in [0.29, 0.717) is 12.5 Å². The predicted octanol–water partition coefficient (Wildman–Crippen LogP) is 2.61. The molecule has 2 rings (SSSR count). The first-order chi connectivity index (χ1) is 8.02. The molecule has 2 nitrogen and oxygen atoms in total. The topological polar surface area (TPSA) is 21.3 Å². The normalized spacial score (nSPS) is 24.5. The first-order valence-electron chi connectivity index (χ1n) is 5.42. The molecule has 0 radical (unpaired) electrons. The van der Waals surface area contributed by atoms with Gasteiger partial charge < -0.3 is 10.1 Å². The molecule has 1 fully saturated rings. The summed E-state index contributed by atoms with van der Waals surface area (Å²) >= 11 is 0. The summed E-state index contributed by atoms with van der Waals surface area (Å²) in [5.41, 5.74) is 0.273. The number of hydrogen-bond acceptors (Lipinski definition) is 2. The highest BCUT2D eigenvalue weighted by molar-refractivity contribution is 5.28. The zero-order valence-electron chi connectivity index (χ0n) is 9.42. The summed E-state index contributed by atoms with van der Waals surface area (Å²) in [6.07, 6.45) is -4.27. The van der Waals surface area contributed by atoms with E-state index in [1.165, 1.54) is 12.1 Å². The van der Waals surface area contributed by atoms with Crippen LogP contribution in [0.2, 0.25) is 0 Å². The van der Waals surface area contributed by atoms with Gasteiger partial charge in [0.05, 0.1) is 12.2 Å². The molecule has 0 aromatic heterocycles. The van der Waals surface area contributed by atoms with E-state index in [9.17, 15) is 13.2 Å². The van der Waals surface area contributed by atoms with Crippen molar-refractivity contribution in [2.75, 3.05) is 20.3 Å². The lowest BCUT2D eigenvalue weighted by Gasteiger charge is -2.38. The minimum atomic E-state index is -4.27. The average Bonchev–Trinajstić information content (AvgIpc) is 2.24. The fraction of sp³-hybridized carbons (Fsp3) is 0.500. The van der Waals surface area contributed by atoms with Gasteiger partial charge in [0, 0.05) is 25.6 Å². The van der Waals surface area contributed by atoms with E-state index in [1.807, 2.05) is 0 Å². The monoisotopic (exact) mass is 245 g/mol. The first kappa shape index (κ1) is 12.4. The maximum absolute atomic E-state index is 12.4. The number of hydrogen-bond donors (Lipinski definition) is 1. The van der Waals surface area contributed by atoms with Gasteiger partial charge in [0.1, 0.15) is 0 Å². The van der Waals surface area contributed by atoms with E-state index in [2.05, 4.69) is 5.32 Å². The van der Waals surface area contributed by atoms with Gasteiger partial charge in [0.25, 0.3) is 0 Å². The Morgan fingerprint density at radius 2 is 1.94 bits per heavy atom. The Balaban J connectivity index is 2.08. The van der Waals surface area contributed by atoms with Crippen LogP contribution in [0.5, 0.6) is 0 Å². The Kier molecular flexibility index (Phi) is 3.40. The summed E-state index contributed by atoms with van der Waals surface area (Å²) in [4.78, 5) is 0. The van der Waals surface area contributed by atoms with Crippen LogP contribution in [0.3, 0.4) is 0 Å². The van der Waals surface area contributed by atoms with Crippen molar-refractivity contribution in [1.82, 2.24) is 5.32 Å². The molecule has 1 N–H and O–H groups in total. The smallest absolute Gasteiger partial charge is 0.384 e. The summed E-state index contributed by atoms with van der Waals surface area (Å²) in [7, 11) is 1.63. The number of halogens is 3. The standard InChI is InChI=1S/C12H14F3NO/c1-17-7-9-6-16-11(9)8-2-4-10(5-3-8)12(13,14)15/h2-5,9,11,16H,6-7H2,1H3. The molecule has 17 heavy (non-hydrogen) atoms. The summed E-state index contributed by atoms with van der Waals surface area (Å²) in [5, 5.41) is 3.19. The summed E-state index contributed by atoms with van der Waals surface area (Å²) < 4.78 is 42.2. The molecule has 94 valence electrons. The highest BCUT2D eigenvalue weighted by atomic mass is 19.4. The molecular formula is C12H14F3NO. The highest BCUT2D eigenvalue weighted by Crippen LogP contribution is 2.33. The number of benzene rings is 1. The van der Waals surface area contributed by atoms with Crippen molar-refractivity contribution in [2.45, 2.75) is 12.2 Å². The van der Waals surface area contributed by atoms with Gasteiger partial charge in [0.2, 0.25) is 0 Å². The molecule has 0 aliphatic carbocycles. The van der Waals surface area contributed by atoms with Gasteiger partial charge in [-0.2, -0.15) is 13.2 Å². The second-order valence-corrected chi connectivity index (χ2v) is 4.22. The molecule has 1 aliphatic heterocycles. The van der Waals surface area contributed by atoms with Gasteiger partial charge in [-0.3, -0.25) is 0 Å². The number of rotatable bonds is 3. The van der Waals surface area contributed by atoms with Crippen molar-refractivity contribution in [2.24, 2.45) is 5.92 Å². The molecule has 2 atom stereocenters. The van der Waals surface area contributed by atoms with Gasteiger partial charge in [-0.05, 0) is 17.7 Å². The number of methoxy groups -OCH3 is 1. The summed E-state index contributed by atoms with van der Waals surface area (Å²) in [5.74, 6) is 0.344. The van der Waals surface area contributed by atoms with E-state index in [1.54, 1.807) is 7.11 Å². The second kappa shape index (κ2) is 4.66. The lowest BCUT2D eigenvalue weighted by molar-refractivity contribution is -0.137. The zero-order chi connectivity index (χ0) is 12.5. The molecule has 2 unspecified atom stereocenters. The minimum absolute atomic E-state index is 0.109. The molecule has 1 heterocycles. The van der Waals surface area contributed by atoms with Crippen molar-refractivity contribution >= 4 is 0 Å². The van der Waals surface area contributed by atoms with Crippen LogP contribution in [0.25, 0.3) is 0 Å². The largest absolute Gasteiger partial charge is 0.416 e. The fourth-order valence-corrected chi connectivity index (χ4v) is 2.04. The zero-order valence-corrected chi connectivity index (χ0v) is 9.42. The van der Waals surface area contributed by atoms with Crippen molar-refractivity contribution in [3.05, 3.63) is 35.4 Å². The minimum Gasteiger partial charge on any atom is -0.384 e. The Morgan fingerprint density at radius 1 is 1.29 bits per heavy atom. The van der Waals surface area contributed by atoms with Crippen LogP contribution in [0, 0.1) is 5.92 Å². The van der Waals surface area contributed by atoms with Gasteiger partial charge >= 0.3 is 6.18 Å². The molecule has 0 bridgehead atoms. The fourth-order valence-electron chi connectivity index (χ4n) is 2.04.